The Morgan fingerprint density at radius 1 is 1.40 bits per heavy atom. The lowest BCUT2D eigenvalue weighted by molar-refractivity contribution is 0.940. The summed E-state index contributed by atoms with van der Waals surface area (Å²) >= 11 is 5.72. The minimum absolute atomic E-state index is 0.516. The molecule has 2 aromatic heterocycles. The van der Waals surface area contributed by atoms with Crippen LogP contribution in [-0.2, 0) is 0 Å². The van der Waals surface area contributed by atoms with E-state index in [2.05, 4.69) is 15.1 Å². The van der Waals surface area contributed by atoms with Gasteiger partial charge in [0.25, 0.3) is 5.78 Å². The average molecular weight is 155 g/mol. The van der Waals surface area contributed by atoms with Crippen LogP contribution in [0.15, 0.2) is 18.6 Å². The molecule has 0 aromatic carbocycles. The molecule has 0 amide bonds. The van der Waals surface area contributed by atoms with Crippen LogP contribution >= 0.6 is 11.6 Å². The van der Waals surface area contributed by atoms with Crippen LogP contribution in [0.25, 0.3) is 5.78 Å². The predicted octanol–water partition coefficient (Wildman–Crippen LogP) is 0.778. The van der Waals surface area contributed by atoms with Crippen molar-refractivity contribution in [3.63, 3.8) is 0 Å². The summed E-state index contributed by atoms with van der Waals surface area (Å²) in [4.78, 5) is 7.74. The summed E-state index contributed by atoms with van der Waals surface area (Å²) < 4.78 is 1.46. The molecule has 0 saturated heterocycles. The van der Waals surface area contributed by atoms with Gasteiger partial charge in [0.2, 0.25) is 0 Å². The average Bonchev–Trinajstić information content (AvgIpc) is 2.36. The van der Waals surface area contributed by atoms with E-state index in [1.807, 2.05) is 0 Å². The van der Waals surface area contributed by atoms with Crippen molar-refractivity contribution < 1.29 is 0 Å². The van der Waals surface area contributed by atoms with E-state index in [4.69, 9.17) is 11.6 Å². The van der Waals surface area contributed by atoms with Crippen LogP contribution < -0.4 is 0 Å². The molecule has 0 radical (unpaired) electrons. The van der Waals surface area contributed by atoms with Crippen molar-refractivity contribution in [3.05, 3.63) is 23.7 Å². The van der Waals surface area contributed by atoms with Crippen LogP contribution in [0.3, 0.4) is 0 Å². The zero-order valence-corrected chi connectivity index (χ0v) is 5.65. The van der Waals surface area contributed by atoms with Gasteiger partial charge < -0.3 is 0 Å². The molecule has 0 N–H and O–H groups in total. The van der Waals surface area contributed by atoms with E-state index in [-0.39, 0.29) is 0 Å². The van der Waals surface area contributed by atoms with Gasteiger partial charge in [0.05, 0.1) is 0 Å². The van der Waals surface area contributed by atoms with Gasteiger partial charge in [0, 0.05) is 6.20 Å². The number of nitrogens with zero attached hydrogens (tertiary/aromatic N) is 4. The third-order valence-electron chi connectivity index (χ3n) is 1.13. The monoisotopic (exact) mass is 154 g/mol. The molecule has 5 heteroatoms. The highest BCUT2D eigenvalue weighted by Crippen LogP contribution is 2.05. The summed E-state index contributed by atoms with van der Waals surface area (Å²) in [5, 5.41) is 4.35. The molecule has 0 bridgehead atoms. The topological polar surface area (TPSA) is 43.1 Å². The van der Waals surface area contributed by atoms with Crippen molar-refractivity contribution >= 4 is 17.4 Å². The Morgan fingerprint density at radius 3 is 3.10 bits per heavy atom. The highest BCUT2D eigenvalue weighted by atomic mass is 35.5. The van der Waals surface area contributed by atoms with E-state index in [0.717, 1.165) is 0 Å². The van der Waals surface area contributed by atoms with Crippen molar-refractivity contribution in [2.45, 2.75) is 0 Å². The van der Waals surface area contributed by atoms with Gasteiger partial charge >= 0.3 is 0 Å². The third kappa shape index (κ3) is 0.657. The number of hydrogen-bond donors (Lipinski definition) is 0. The normalized spacial score (nSPS) is 10.5. The van der Waals surface area contributed by atoms with Crippen LogP contribution in [-0.4, -0.2) is 19.6 Å². The first kappa shape index (κ1) is 5.61. The van der Waals surface area contributed by atoms with Gasteiger partial charge in [0.1, 0.15) is 11.5 Å². The fourth-order valence-corrected chi connectivity index (χ4v) is 0.886. The lowest BCUT2D eigenvalue weighted by Gasteiger charge is -1.90. The molecule has 0 aliphatic carbocycles. The fourth-order valence-electron chi connectivity index (χ4n) is 0.710. The quantitative estimate of drug-likeness (QED) is 0.527. The minimum atomic E-state index is 0.516. The molecule has 0 saturated carbocycles. The number of rotatable bonds is 0. The molecule has 4 nitrogen and oxygen atoms in total. The van der Waals surface area contributed by atoms with Gasteiger partial charge in [-0.3, -0.25) is 0 Å². The molecule has 0 aliphatic rings. The molecule has 2 aromatic rings. The molecular weight excluding hydrogens is 152 g/mol. The Balaban J connectivity index is 2.95. The molecule has 2 heterocycles. The van der Waals surface area contributed by atoms with Crippen molar-refractivity contribution in [1.82, 2.24) is 19.6 Å². The maximum atomic E-state index is 5.72. The van der Waals surface area contributed by atoms with E-state index < -0.39 is 0 Å². The summed E-state index contributed by atoms with van der Waals surface area (Å²) in [5.41, 5.74) is 0. The van der Waals surface area contributed by atoms with Gasteiger partial charge in [-0.25, -0.2) is 4.98 Å². The Bertz CT molecular complexity index is 355. The van der Waals surface area contributed by atoms with Crippen LogP contribution in [0.1, 0.15) is 0 Å². The second-order valence-electron chi connectivity index (χ2n) is 1.74. The number of hydrogen-bond acceptors (Lipinski definition) is 3. The van der Waals surface area contributed by atoms with Crippen LogP contribution in [0, 0.1) is 0 Å². The fraction of sp³-hybridized carbons (Fsp3) is 0. The maximum absolute atomic E-state index is 5.72. The van der Waals surface area contributed by atoms with Gasteiger partial charge in [0.15, 0.2) is 0 Å². The summed E-state index contributed by atoms with van der Waals surface area (Å²) in [5.74, 6) is 0.521. The molecule has 0 unspecified atom stereocenters. The molecule has 0 spiro atoms. The molecule has 0 fully saturated rings. The highest BCUT2D eigenvalue weighted by molar-refractivity contribution is 6.29. The molecule has 0 atom stereocenters. The standard InChI is InChI=1S/C5H3ClN4/c6-4-1-2-7-5-8-3-9-10(4)5/h1-3H. The van der Waals surface area contributed by atoms with E-state index in [0.29, 0.717) is 10.9 Å². The summed E-state index contributed by atoms with van der Waals surface area (Å²) in [6.45, 7) is 0. The number of fused-ring (bicyclic) bond motifs is 1. The second-order valence-corrected chi connectivity index (χ2v) is 2.13. The van der Waals surface area contributed by atoms with Gasteiger partial charge in [-0.1, -0.05) is 11.6 Å². The van der Waals surface area contributed by atoms with Crippen LogP contribution in [0.2, 0.25) is 5.15 Å². The SMILES string of the molecule is Clc1ccnc2ncnn12. The van der Waals surface area contributed by atoms with E-state index >= 15 is 0 Å². The van der Waals surface area contributed by atoms with E-state index in [1.165, 1.54) is 10.8 Å². The summed E-state index contributed by atoms with van der Waals surface area (Å²) in [6, 6.07) is 1.66. The Labute approximate surface area is 61.5 Å². The smallest absolute Gasteiger partial charge is 0.220 e. The van der Waals surface area contributed by atoms with Gasteiger partial charge in [-0.15, -0.1) is 0 Å². The Kier molecular flexibility index (Phi) is 1.07. The molecule has 50 valence electrons. The highest BCUT2D eigenvalue weighted by Gasteiger charge is 1.97. The lowest BCUT2D eigenvalue weighted by Crippen LogP contribution is -1.90. The van der Waals surface area contributed by atoms with Crippen molar-refractivity contribution in [1.29, 1.82) is 0 Å². The third-order valence-corrected chi connectivity index (χ3v) is 1.42. The lowest BCUT2D eigenvalue weighted by atomic mass is 10.7. The molecular formula is C5H3ClN4. The predicted molar refractivity (Wildman–Crippen MR) is 35.8 cm³/mol. The maximum Gasteiger partial charge on any atom is 0.253 e. The second kappa shape index (κ2) is 1.91. The zero-order valence-electron chi connectivity index (χ0n) is 4.90. The van der Waals surface area contributed by atoms with Gasteiger partial charge in [-0.2, -0.15) is 14.6 Å². The van der Waals surface area contributed by atoms with Crippen LogP contribution in [0.4, 0.5) is 0 Å². The molecule has 0 aliphatic heterocycles. The van der Waals surface area contributed by atoms with Gasteiger partial charge in [-0.05, 0) is 6.07 Å². The van der Waals surface area contributed by atoms with Crippen molar-refractivity contribution in [2.24, 2.45) is 0 Å². The van der Waals surface area contributed by atoms with Crippen molar-refractivity contribution in [2.75, 3.05) is 0 Å². The Hall–Kier alpha value is -1.16. The number of aromatic nitrogens is 4. The number of halogens is 1. The summed E-state index contributed by atoms with van der Waals surface area (Å²) in [7, 11) is 0. The van der Waals surface area contributed by atoms with Crippen LogP contribution in [0.5, 0.6) is 0 Å². The van der Waals surface area contributed by atoms with E-state index in [1.54, 1.807) is 12.3 Å². The Morgan fingerprint density at radius 2 is 2.30 bits per heavy atom. The first-order chi connectivity index (χ1) is 4.88. The molecule has 2 rings (SSSR count). The minimum Gasteiger partial charge on any atom is -0.220 e. The molecule has 10 heavy (non-hydrogen) atoms. The van der Waals surface area contributed by atoms with E-state index in [9.17, 15) is 0 Å². The van der Waals surface area contributed by atoms with Crippen molar-refractivity contribution in [3.8, 4) is 0 Å². The first-order valence-corrected chi connectivity index (χ1v) is 3.06. The largest absolute Gasteiger partial charge is 0.253 e. The first-order valence-electron chi connectivity index (χ1n) is 2.68. The summed E-state index contributed by atoms with van der Waals surface area (Å²) in [6.07, 6.45) is 3.00. The zero-order chi connectivity index (χ0) is 6.97.